The number of fused-ring (bicyclic) bond motifs is 2. The van der Waals surface area contributed by atoms with Crippen LogP contribution >= 0.6 is 11.3 Å². The molecule has 150 valence electrons. The molecule has 0 spiro atoms. The lowest BCUT2D eigenvalue weighted by Gasteiger charge is -2.21. The molecule has 5 rings (SSSR count). The molecule has 1 fully saturated rings. The van der Waals surface area contributed by atoms with Gasteiger partial charge < -0.3 is 15.0 Å². The summed E-state index contributed by atoms with van der Waals surface area (Å²) in [7, 11) is 1.95. The Morgan fingerprint density at radius 3 is 2.76 bits per heavy atom. The van der Waals surface area contributed by atoms with E-state index >= 15 is 4.39 Å². The Labute approximate surface area is 170 Å². The number of aromatic nitrogens is 1. The van der Waals surface area contributed by atoms with Crippen molar-refractivity contribution in [3.8, 4) is 10.4 Å². The number of carboxylic acid groups (broad SMARTS) is 1. The Hall–Kier alpha value is -2.51. The predicted molar refractivity (Wildman–Crippen MR) is 111 cm³/mol. The molecule has 2 heterocycles. The van der Waals surface area contributed by atoms with Crippen molar-refractivity contribution >= 4 is 28.2 Å². The fraction of sp³-hybridized carbons (Fsp3) is 0.364. The van der Waals surface area contributed by atoms with Gasteiger partial charge in [-0.05, 0) is 62.9 Å². The quantitative estimate of drug-likeness (QED) is 0.662. The number of carboxylic acids is 1. The number of benzene rings is 1. The summed E-state index contributed by atoms with van der Waals surface area (Å²) in [5, 5.41) is 12.9. The largest absolute Gasteiger partial charge is 0.477 e. The van der Waals surface area contributed by atoms with Crippen LogP contribution in [0.1, 0.15) is 58.6 Å². The standard InChI is InChI=1S/C22H21FN2O3S/c1-24-17-3-2-4-19-13(17)9-20(29-19)12-8-18-14(7-16(12)23)21(26)15(22(27)28)10-25(18)11-5-6-11/h7-11,17,24H,2-6H2,1H3,(H,27,28). The molecule has 2 N–H and O–H groups in total. The minimum absolute atomic E-state index is 0.132. The van der Waals surface area contributed by atoms with Gasteiger partial charge in [-0.25, -0.2) is 9.18 Å². The Morgan fingerprint density at radius 1 is 1.28 bits per heavy atom. The monoisotopic (exact) mass is 412 g/mol. The van der Waals surface area contributed by atoms with Gasteiger partial charge in [-0.1, -0.05) is 0 Å². The van der Waals surface area contributed by atoms with Gasteiger partial charge in [0.25, 0.3) is 0 Å². The van der Waals surface area contributed by atoms with E-state index in [1.54, 1.807) is 17.4 Å². The lowest BCUT2D eigenvalue weighted by atomic mass is 9.93. The molecule has 29 heavy (non-hydrogen) atoms. The van der Waals surface area contributed by atoms with Crippen molar-refractivity contribution < 1.29 is 14.3 Å². The Balaban J connectivity index is 1.72. The van der Waals surface area contributed by atoms with Gasteiger partial charge in [0.05, 0.1) is 5.52 Å². The summed E-state index contributed by atoms with van der Waals surface area (Å²) >= 11 is 1.61. The molecule has 5 nitrogen and oxygen atoms in total. The first-order valence-corrected chi connectivity index (χ1v) is 10.7. The number of hydrogen-bond donors (Lipinski definition) is 2. The van der Waals surface area contributed by atoms with Crippen molar-refractivity contribution in [1.82, 2.24) is 9.88 Å². The number of hydrogen-bond acceptors (Lipinski definition) is 4. The molecule has 3 aromatic rings. The molecule has 7 heteroatoms. The number of rotatable bonds is 4. The molecule has 1 unspecified atom stereocenters. The first-order valence-electron chi connectivity index (χ1n) is 9.90. The Bertz CT molecular complexity index is 1210. The summed E-state index contributed by atoms with van der Waals surface area (Å²) < 4.78 is 16.9. The van der Waals surface area contributed by atoms with E-state index in [1.165, 1.54) is 22.7 Å². The van der Waals surface area contributed by atoms with E-state index in [0.717, 1.165) is 37.0 Å². The maximum absolute atomic E-state index is 15.1. The summed E-state index contributed by atoms with van der Waals surface area (Å²) in [5.41, 5.74) is 1.38. The summed E-state index contributed by atoms with van der Waals surface area (Å²) in [6.07, 6.45) is 6.46. The van der Waals surface area contributed by atoms with E-state index in [4.69, 9.17) is 0 Å². The molecule has 1 saturated carbocycles. The van der Waals surface area contributed by atoms with Gasteiger partial charge in [-0.3, -0.25) is 4.79 Å². The number of aryl methyl sites for hydroxylation is 1. The number of aromatic carboxylic acids is 1. The van der Waals surface area contributed by atoms with Crippen LogP contribution in [0.15, 0.2) is 29.2 Å². The molecular weight excluding hydrogens is 391 g/mol. The number of nitrogens with one attached hydrogen (secondary N) is 1. The smallest absolute Gasteiger partial charge is 0.341 e. The Morgan fingerprint density at radius 2 is 2.07 bits per heavy atom. The zero-order valence-electron chi connectivity index (χ0n) is 16.0. The summed E-state index contributed by atoms with van der Waals surface area (Å²) in [4.78, 5) is 26.3. The molecule has 1 aromatic carbocycles. The minimum atomic E-state index is -1.28. The van der Waals surface area contributed by atoms with Gasteiger partial charge in [0.15, 0.2) is 0 Å². The number of nitrogens with zero attached hydrogens (tertiary/aromatic N) is 1. The average molecular weight is 412 g/mol. The van der Waals surface area contributed by atoms with Crippen LogP contribution in [0, 0.1) is 5.82 Å². The molecule has 2 aliphatic rings. The number of halogens is 1. The molecule has 0 bridgehead atoms. The third kappa shape index (κ3) is 3.00. The lowest BCUT2D eigenvalue weighted by molar-refractivity contribution is 0.0695. The maximum atomic E-state index is 15.1. The molecule has 0 saturated heterocycles. The number of pyridine rings is 1. The van der Waals surface area contributed by atoms with Gasteiger partial charge in [-0.15, -0.1) is 11.3 Å². The normalized spacial score (nSPS) is 18.8. The van der Waals surface area contributed by atoms with E-state index < -0.39 is 17.2 Å². The fourth-order valence-corrected chi connectivity index (χ4v) is 5.64. The van der Waals surface area contributed by atoms with Crippen molar-refractivity contribution in [2.45, 2.75) is 44.2 Å². The van der Waals surface area contributed by atoms with E-state index in [0.29, 0.717) is 11.1 Å². The van der Waals surface area contributed by atoms with Gasteiger partial charge >= 0.3 is 5.97 Å². The molecule has 2 aliphatic carbocycles. The summed E-state index contributed by atoms with van der Waals surface area (Å²) in [5.74, 6) is -1.76. The first kappa shape index (κ1) is 18.5. The first-order chi connectivity index (χ1) is 14.0. The second-order valence-corrected chi connectivity index (χ2v) is 9.02. The summed E-state index contributed by atoms with van der Waals surface area (Å²) in [6.45, 7) is 0. The van der Waals surface area contributed by atoms with Gasteiger partial charge in [0.2, 0.25) is 5.43 Å². The molecular formula is C22H21FN2O3S. The highest BCUT2D eigenvalue weighted by Crippen LogP contribution is 2.42. The van der Waals surface area contributed by atoms with Crippen LogP contribution < -0.4 is 10.7 Å². The van der Waals surface area contributed by atoms with Crippen molar-refractivity contribution in [2.75, 3.05) is 7.05 Å². The predicted octanol–water partition coefficient (Wildman–Crippen LogP) is 4.50. The zero-order valence-corrected chi connectivity index (χ0v) is 16.8. The SMILES string of the molecule is CNC1CCCc2sc(-c3cc4c(cc3F)c(=O)c(C(=O)O)cn4C3CC3)cc21. The van der Waals surface area contributed by atoms with Crippen LogP contribution in [0.3, 0.4) is 0 Å². The maximum Gasteiger partial charge on any atom is 0.341 e. The average Bonchev–Trinajstić information content (AvgIpc) is 3.45. The summed E-state index contributed by atoms with van der Waals surface area (Å²) in [6, 6.07) is 5.46. The molecule has 0 amide bonds. The van der Waals surface area contributed by atoms with Crippen molar-refractivity contribution in [3.05, 3.63) is 56.4 Å². The van der Waals surface area contributed by atoms with Gasteiger partial charge in [-0.2, -0.15) is 0 Å². The van der Waals surface area contributed by atoms with Crippen LogP contribution in [-0.2, 0) is 6.42 Å². The van der Waals surface area contributed by atoms with Crippen LogP contribution in [0.4, 0.5) is 4.39 Å². The van der Waals surface area contributed by atoms with Crippen LogP contribution in [0.25, 0.3) is 21.3 Å². The zero-order chi connectivity index (χ0) is 20.3. The number of carbonyl (C=O) groups is 1. The Kier molecular flexibility index (Phi) is 4.33. The van der Waals surface area contributed by atoms with Crippen molar-refractivity contribution in [2.24, 2.45) is 0 Å². The lowest BCUT2D eigenvalue weighted by Crippen LogP contribution is -2.19. The highest BCUT2D eigenvalue weighted by Gasteiger charge is 2.28. The van der Waals surface area contributed by atoms with E-state index in [-0.39, 0.29) is 23.0 Å². The molecule has 2 aromatic heterocycles. The van der Waals surface area contributed by atoms with Crippen LogP contribution in [0.5, 0.6) is 0 Å². The van der Waals surface area contributed by atoms with E-state index in [2.05, 4.69) is 11.4 Å². The topological polar surface area (TPSA) is 71.3 Å². The van der Waals surface area contributed by atoms with Gasteiger partial charge in [0, 0.05) is 39.0 Å². The van der Waals surface area contributed by atoms with Crippen LogP contribution in [-0.4, -0.2) is 22.7 Å². The minimum Gasteiger partial charge on any atom is -0.477 e. The highest BCUT2D eigenvalue weighted by atomic mass is 32.1. The van der Waals surface area contributed by atoms with Gasteiger partial charge in [0.1, 0.15) is 11.4 Å². The van der Waals surface area contributed by atoms with Crippen molar-refractivity contribution in [3.63, 3.8) is 0 Å². The van der Waals surface area contributed by atoms with Crippen molar-refractivity contribution in [1.29, 1.82) is 0 Å². The molecule has 1 atom stereocenters. The second kappa shape index (κ2) is 6.78. The molecule has 0 aliphatic heterocycles. The third-order valence-electron chi connectivity index (χ3n) is 6.02. The fourth-order valence-electron chi connectivity index (χ4n) is 4.35. The number of thiophene rings is 1. The highest BCUT2D eigenvalue weighted by molar-refractivity contribution is 7.15. The van der Waals surface area contributed by atoms with E-state index in [1.807, 2.05) is 11.6 Å². The third-order valence-corrected chi connectivity index (χ3v) is 7.26. The van der Waals surface area contributed by atoms with Crippen LogP contribution in [0.2, 0.25) is 0 Å². The van der Waals surface area contributed by atoms with E-state index in [9.17, 15) is 14.7 Å². The molecule has 0 radical (unpaired) electrons. The second-order valence-electron chi connectivity index (χ2n) is 7.89.